The SMILES string of the molecule is Cc1ccc(NC(=O)CN2CCN(CC#N)CC2)cc1. The summed E-state index contributed by atoms with van der Waals surface area (Å²) in [5.41, 5.74) is 2.01. The molecule has 1 aliphatic rings. The van der Waals surface area contributed by atoms with E-state index in [0.717, 1.165) is 31.9 Å². The number of carbonyl (C=O) groups is 1. The van der Waals surface area contributed by atoms with Crippen molar-refractivity contribution in [1.82, 2.24) is 9.80 Å². The van der Waals surface area contributed by atoms with Gasteiger partial charge in [-0.3, -0.25) is 14.6 Å². The van der Waals surface area contributed by atoms with Gasteiger partial charge in [0.2, 0.25) is 5.91 Å². The lowest BCUT2D eigenvalue weighted by Gasteiger charge is -2.32. The molecule has 0 saturated carbocycles. The molecule has 2 rings (SSSR count). The summed E-state index contributed by atoms with van der Waals surface area (Å²) in [6, 6.07) is 9.95. The van der Waals surface area contributed by atoms with Crippen molar-refractivity contribution < 1.29 is 4.79 Å². The molecule has 0 radical (unpaired) electrons. The number of rotatable bonds is 4. The predicted molar refractivity (Wildman–Crippen MR) is 78.3 cm³/mol. The Morgan fingerprint density at radius 3 is 2.40 bits per heavy atom. The minimum atomic E-state index is 0.0163. The van der Waals surface area contributed by atoms with E-state index in [1.165, 1.54) is 5.56 Å². The molecule has 1 N–H and O–H groups in total. The van der Waals surface area contributed by atoms with Crippen LogP contribution in [0.4, 0.5) is 5.69 Å². The van der Waals surface area contributed by atoms with Crippen LogP contribution < -0.4 is 5.32 Å². The zero-order valence-electron chi connectivity index (χ0n) is 11.8. The first-order valence-corrected chi connectivity index (χ1v) is 6.85. The average Bonchev–Trinajstić information content (AvgIpc) is 2.44. The summed E-state index contributed by atoms with van der Waals surface area (Å²) in [7, 11) is 0. The molecule has 0 bridgehead atoms. The van der Waals surface area contributed by atoms with Gasteiger partial charge in [0.25, 0.3) is 0 Å². The Morgan fingerprint density at radius 1 is 1.20 bits per heavy atom. The fourth-order valence-electron chi connectivity index (χ4n) is 2.25. The number of piperazine rings is 1. The van der Waals surface area contributed by atoms with Crippen molar-refractivity contribution in [3.63, 3.8) is 0 Å². The summed E-state index contributed by atoms with van der Waals surface area (Å²) in [5, 5.41) is 11.6. The molecule has 5 heteroatoms. The van der Waals surface area contributed by atoms with Crippen molar-refractivity contribution in [2.75, 3.05) is 44.6 Å². The quantitative estimate of drug-likeness (QED) is 0.833. The van der Waals surface area contributed by atoms with Gasteiger partial charge >= 0.3 is 0 Å². The fraction of sp³-hybridized carbons (Fsp3) is 0.467. The van der Waals surface area contributed by atoms with E-state index in [0.29, 0.717) is 13.1 Å². The molecule has 1 saturated heterocycles. The van der Waals surface area contributed by atoms with E-state index in [1.807, 2.05) is 31.2 Å². The number of amides is 1. The number of hydrogen-bond donors (Lipinski definition) is 1. The molecule has 5 nitrogen and oxygen atoms in total. The molecular formula is C15H20N4O. The van der Waals surface area contributed by atoms with Crippen LogP contribution in [0.2, 0.25) is 0 Å². The maximum Gasteiger partial charge on any atom is 0.238 e. The van der Waals surface area contributed by atoms with Gasteiger partial charge < -0.3 is 5.32 Å². The average molecular weight is 272 g/mol. The third-order valence-electron chi connectivity index (χ3n) is 3.46. The second kappa shape index (κ2) is 7.04. The number of anilines is 1. The molecule has 0 aliphatic carbocycles. The van der Waals surface area contributed by atoms with Gasteiger partial charge in [0.05, 0.1) is 19.2 Å². The molecule has 1 aromatic rings. The number of nitrogens with zero attached hydrogens (tertiary/aromatic N) is 3. The molecule has 1 heterocycles. The number of benzene rings is 1. The molecule has 1 aromatic carbocycles. The maximum atomic E-state index is 12.0. The number of carbonyl (C=O) groups excluding carboxylic acids is 1. The van der Waals surface area contributed by atoms with Gasteiger partial charge in [-0.1, -0.05) is 17.7 Å². The molecule has 0 aromatic heterocycles. The second-order valence-electron chi connectivity index (χ2n) is 5.12. The van der Waals surface area contributed by atoms with Gasteiger partial charge in [-0.05, 0) is 19.1 Å². The minimum absolute atomic E-state index is 0.0163. The van der Waals surface area contributed by atoms with Crippen LogP contribution >= 0.6 is 0 Å². The lowest BCUT2D eigenvalue weighted by atomic mass is 10.2. The van der Waals surface area contributed by atoms with Crippen molar-refractivity contribution in [2.45, 2.75) is 6.92 Å². The second-order valence-corrected chi connectivity index (χ2v) is 5.12. The van der Waals surface area contributed by atoms with Crippen LogP contribution in [0.15, 0.2) is 24.3 Å². The van der Waals surface area contributed by atoms with Crippen LogP contribution in [-0.2, 0) is 4.79 Å². The van der Waals surface area contributed by atoms with Crippen molar-refractivity contribution in [3.05, 3.63) is 29.8 Å². The monoisotopic (exact) mass is 272 g/mol. The Kier molecular flexibility index (Phi) is 5.10. The summed E-state index contributed by atoms with van der Waals surface area (Å²) < 4.78 is 0. The van der Waals surface area contributed by atoms with Crippen molar-refractivity contribution in [3.8, 4) is 6.07 Å². The van der Waals surface area contributed by atoms with Crippen LogP contribution in [0.25, 0.3) is 0 Å². The van der Waals surface area contributed by atoms with E-state index in [9.17, 15) is 4.79 Å². The third-order valence-corrected chi connectivity index (χ3v) is 3.46. The Hall–Kier alpha value is -1.90. The summed E-state index contributed by atoms with van der Waals surface area (Å²) in [6.07, 6.45) is 0. The van der Waals surface area contributed by atoms with Crippen LogP contribution in [0.5, 0.6) is 0 Å². The van der Waals surface area contributed by atoms with Gasteiger partial charge in [0.15, 0.2) is 0 Å². The molecule has 1 amide bonds. The van der Waals surface area contributed by atoms with Crippen molar-refractivity contribution >= 4 is 11.6 Å². The molecule has 0 unspecified atom stereocenters. The van der Waals surface area contributed by atoms with Crippen LogP contribution in [0.1, 0.15) is 5.56 Å². The largest absolute Gasteiger partial charge is 0.325 e. The first-order chi connectivity index (χ1) is 9.67. The van der Waals surface area contributed by atoms with Crippen LogP contribution in [0, 0.1) is 18.3 Å². The van der Waals surface area contributed by atoms with Crippen molar-refractivity contribution in [2.24, 2.45) is 0 Å². The highest BCUT2D eigenvalue weighted by molar-refractivity contribution is 5.92. The van der Waals surface area contributed by atoms with E-state index >= 15 is 0 Å². The zero-order chi connectivity index (χ0) is 14.4. The summed E-state index contributed by atoms with van der Waals surface area (Å²) in [6.45, 7) is 6.28. The molecule has 0 spiro atoms. The van der Waals surface area contributed by atoms with Crippen LogP contribution in [0.3, 0.4) is 0 Å². The van der Waals surface area contributed by atoms with E-state index in [1.54, 1.807) is 0 Å². The lowest BCUT2D eigenvalue weighted by molar-refractivity contribution is -0.117. The number of aryl methyl sites for hydroxylation is 1. The van der Waals surface area contributed by atoms with Gasteiger partial charge in [-0.2, -0.15) is 5.26 Å². The van der Waals surface area contributed by atoms with E-state index in [2.05, 4.69) is 21.2 Å². The summed E-state index contributed by atoms with van der Waals surface area (Å²) >= 11 is 0. The smallest absolute Gasteiger partial charge is 0.238 e. The third kappa shape index (κ3) is 4.34. The summed E-state index contributed by atoms with van der Waals surface area (Å²) in [4.78, 5) is 16.2. The topological polar surface area (TPSA) is 59.4 Å². The Labute approximate surface area is 119 Å². The highest BCUT2D eigenvalue weighted by atomic mass is 16.2. The van der Waals surface area contributed by atoms with E-state index < -0.39 is 0 Å². The number of nitriles is 1. The zero-order valence-corrected chi connectivity index (χ0v) is 11.8. The molecule has 20 heavy (non-hydrogen) atoms. The number of hydrogen-bond acceptors (Lipinski definition) is 4. The highest BCUT2D eigenvalue weighted by Gasteiger charge is 2.18. The van der Waals surface area contributed by atoms with E-state index in [-0.39, 0.29) is 5.91 Å². The lowest BCUT2D eigenvalue weighted by Crippen LogP contribution is -2.48. The fourth-order valence-corrected chi connectivity index (χ4v) is 2.25. The van der Waals surface area contributed by atoms with E-state index in [4.69, 9.17) is 5.26 Å². The minimum Gasteiger partial charge on any atom is -0.325 e. The standard InChI is InChI=1S/C15H20N4O/c1-13-2-4-14(5-3-13)17-15(20)12-19-10-8-18(7-6-16)9-11-19/h2-5H,7-12H2,1H3,(H,17,20). The Bertz CT molecular complexity index is 484. The number of nitrogens with one attached hydrogen (secondary N) is 1. The Morgan fingerprint density at radius 2 is 1.80 bits per heavy atom. The summed E-state index contributed by atoms with van der Waals surface area (Å²) in [5.74, 6) is 0.0163. The first kappa shape index (κ1) is 14.5. The molecule has 0 atom stereocenters. The van der Waals surface area contributed by atoms with Gasteiger partial charge in [0, 0.05) is 31.9 Å². The molecule has 106 valence electrons. The van der Waals surface area contributed by atoms with Gasteiger partial charge in [0.1, 0.15) is 0 Å². The molecule has 1 aliphatic heterocycles. The maximum absolute atomic E-state index is 12.0. The first-order valence-electron chi connectivity index (χ1n) is 6.85. The highest BCUT2D eigenvalue weighted by Crippen LogP contribution is 2.09. The normalized spacial score (nSPS) is 16.6. The van der Waals surface area contributed by atoms with Gasteiger partial charge in [-0.15, -0.1) is 0 Å². The Balaban J connectivity index is 1.75. The molecule has 1 fully saturated rings. The van der Waals surface area contributed by atoms with Crippen LogP contribution in [-0.4, -0.2) is 55.0 Å². The van der Waals surface area contributed by atoms with Crippen molar-refractivity contribution in [1.29, 1.82) is 5.26 Å². The predicted octanol–water partition coefficient (Wildman–Crippen LogP) is 1.07. The molecular weight excluding hydrogens is 252 g/mol. The van der Waals surface area contributed by atoms with Gasteiger partial charge in [-0.25, -0.2) is 0 Å².